The summed E-state index contributed by atoms with van der Waals surface area (Å²) in [6.07, 6.45) is 3.06. The van der Waals surface area contributed by atoms with Gasteiger partial charge in [-0.15, -0.1) is 0 Å². The van der Waals surface area contributed by atoms with Gasteiger partial charge in [-0.25, -0.2) is 4.98 Å². The van der Waals surface area contributed by atoms with E-state index in [9.17, 15) is 0 Å². The number of likely N-dealkylation sites (tertiary alicyclic amines) is 1. The van der Waals surface area contributed by atoms with Gasteiger partial charge in [0.2, 0.25) is 5.95 Å². The van der Waals surface area contributed by atoms with Crippen LogP contribution in [0.3, 0.4) is 0 Å². The molecule has 1 aromatic heterocycles. The van der Waals surface area contributed by atoms with Crippen LogP contribution in [0.4, 0.5) is 11.8 Å². The Morgan fingerprint density at radius 3 is 3.00 bits per heavy atom. The second-order valence-corrected chi connectivity index (χ2v) is 5.77. The van der Waals surface area contributed by atoms with Crippen molar-refractivity contribution in [2.45, 2.75) is 6.42 Å². The van der Waals surface area contributed by atoms with Crippen molar-refractivity contribution in [3.05, 3.63) is 10.7 Å². The van der Waals surface area contributed by atoms with E-state index >= 15 is 0 Å². The van der Waals surface area contributed by atoms with Gasteiger partial charge >= 0.3 is 0 Å². The van der Waals surface area contributed by atoms with Gasteiger partial charge in [-0.2, -0.15) is 4.98 Å². The standard InChI is InChI=1S/C12H20BrN5/c1-14-12-15-6-10(13)11(16-12)18(3)8-9-4-5-17(2)7-9/h6,9H,4-5,7-8H2,1-3H3,(H,14,15,16). The lowest BCUT2D eigenvalue weighted by atomic mass is 10.1. The molecule has 1 saturated heterocycles. The van der Waals surface area contributed by atoms with E-state index in [1.54, 1.807) is 6.20 Å². The van der Waals surface area contributed by atoms with Crippen molar-refractivity contribution in [1.82, 2.24) is 14.9 Å². The van der Waals surface area contributed by atoms with Crippen LogP contribution in [0.5, 0.6) is 0 Å². The molecule has 1 unspecified atom stereocenters. The number of anilines is 2. The minimum atomic E-state index is 0.656. The molecule has 1 aliphatic rings. The number of hydrogen-bond acceptors (Lipinski definition) is 5. The molecule has 0 radical (unpaired) electrons. The Hall–Kier alpha value is -0.880. The van der Waals surface area contributed by atoms with Gasteiger partial charge < -0.3 is 15.1 Å². The average Bonchev–Trinajstić information content (AvgIpc) is 2.75. The molecule has 0 aromatic carbocycles. The molecular formula is C12H20BrN5. The number of hydrogen-bond donors (Lipinski definition) is 1. The van der Waals surface area contributed by atoms with Crippen LogP contribution in [-0.4, -0.2) is 55.6 Å². The Labute approximate surface area is 117 Å². The minimum absolute atomic E-state index is 0.656. The van der Waals surface area contributed by atoms with Gasteiger partial charge in [-0.05, 0) is 41.9 Å². The predicted octanol–water partition coefficient (Wildman–Crippen LogP) is 1.67. The highest BCUT2D eigenvalue weighted by molar-refractivity contribution is 9.10. The topological polar surface area (TPSA) is 44.3 Å². The summed E-state index contributed by atoms with van der Waals surface area (Å²) < 4.78 is 0.940. The molecule has 1 fully saturated rings. The highest BCUT2D eigenvalue weighted by Gasteiger charge is 2.22. The van der Waals surface area contributed by atoms with Crippen molar-refractivity contribution in [3.8, 4) is 0 Å². The fourth-order valence-electron chi connectivity index (χ4n) is 2.40. The van der Waals surface area contributed by atoms with E-state index < -0.39 is 0 Å². The van der Waals surface area contributed by atoms with Crippen LogP contribution in [0.2, 0.25) is 0 Å². The highest BCUT2D eigenvalue weighted by atomic mass is 79.9. The molecule has 18 heavy (non-hydrogen) atoms. The van der Waals surface area contributed by atoms with Gasteiger partial charge in [0.1, 0.15) is 5.82 Å². The first-order chi connectivity index (χ1) is 8.60. The van der Waals surface area contributed by atoms with Crippen LogP contribution in [-0.2, 0) is 0 Å². The summed E-state index contributed by atoms with van der Waals surface area (Å²) in [6.45, 7) is 3.40. The summed E-state index contributed by atoms with van der Waals surface area (Å²) in [6, 6.07) is 0. The first-order valence-electron chi connectivity index (χ1n) is 6.20. The van der Waals surface area contributed by atoms with E-state index in [0.29, 0.717) is 5.95 Å². The van der Waals surface area contributed by atoms with Crippen molar-refractivity contribution >= 4 is 27.7 Å². The average molecular weight is 314 g/mol. The lowest BCUT2D eigenvalue weighted by Crippen LogP contribution is -2.28. The van der Waals surface area contributed by atoms with Crippen molar-refractivity contribution in [2.75, 3.05) is 51.0 Å². The quantitative estimate of drug-likeness (QED) is 0.916. The molecule has 100 valence electrons. The molecule has 1 N–H and O–H groups in total. The number of aromatic nitrogens is 2. The van der Waals surface area contributed by atoms with Gasteiger partial charge in [-0.3, -0.25) is 0 Å². The molecule has 1 aromatic rings. The third-order valence-corrected chi connectivity index (χ3v) is 3.89. The number of nitrogens with zero attached hydrogens (tertiary/aromatic N) is 4. The lowest BCUT2D eigenvalue weighted by molar-refractivity contribution is 0.395. The zero-order valence-corrected chi connectivity index (χ0v) is 12.7. The van der Waals surface area contributed by atoms with Gasteiger partial charge in [0.15, 0.2) is 0 Å². The van der Waals surface area contributed by atoms with Crippen molar-refractivity contribution in [3.63, 3.8) is 0 Å². The third-order valence-electron chi connectivity index (χ3n) is 3.33. The van der Waals surface area contributed by atoms with Gasteiger partial charge in [0.25, 0.3) is 0 Å². The van der Waals surface area contributed by atoms with E-state index in [-0.39, 0.29) is 0 Å². The monoisotopic (exact) mass is 313 g/mol. The van der Waals surface area contributed by atoms with Crippen LogP contribution in [0.25, 0.3) is 0 Å². The van der Waals surface area contributed by atoms with Crippen molar-refractivity contribution < 1.29 is 0 Å². The molecule has 0 aliphatic carbocycles. The molecular weight excluding hydrogens is 294 g/mol. The Balaban J connectivity index is 2.05. The Morgan fingerprint density at radius 2 is 2.39 bits per heavy atom. The fourth-order valence-corrected chi connectivity index (χ4v) is 2.89. The first kappa shape index (κ1) is 13.5. The van der Waals surface area contributed by atoms with E-state index in [1.165, 1.54) is 19.5 Å². The van der Waals surface area contributed by atoms with Crippen LogP contribution >= 0.6 is 15.9 Å². The molecule has 6 heteroatoms. The van der Waals surface area contributed by atoms with Gasteiger partial charge in [0.05, 0.1) is 4.47 Å². The molecule has 0 bridgehead atoms. The second kappa shape index (κ2) is 5.84. The van der Waals surface area contributed by atoms with Crippen molar-refractivity contribution in [2.24, 2.45) is 5.92 Å². The smallest absolute Gasteiger partial charge is 0.224 e. The third kappa shape index (κ3) is 3.11. The molecule has 5 nitrogen and oxygen atoms in total. The molecule has 0 spiro atoms. The highest BCUT2D eigenvalue weighted by Crippen LogP contribution is 2.25. The van der Waals surface area contributed by atoms with Gasteiger partial charge in [-0.1, -0.05) is 0 Å². The van der Waals surface area contributed by atoms with Crippen LogP contribution in [0.1, 0.15) is 6.42 Å². The number of nitrogens with one attached hydrogen (secondary N) is 1. The zero-order valence-electron chi connectivity index (χ0n) is 11.1. The normalized spacial score (nSPS) is 20.1. The Bertz CT molecular complexity index is 411. The molecule has 2 rings (SSSR count). The van der Waals surface area contributed by atoms with E-state index in [2.05, 4.69) is 55.1 Å². The summed E-state index contributed by atoms with van der Waals surface area (Å²) in [5.74, 6) is 2.33. The van der Waals surface area contributed by atoms with Crippen LogP contribution in [0, 0.1) is 5.92 Å². The second-order valence-electron chi connectivity index (χ2n) is 4.91. The Morgan fingerprint density at radius 1 is 1.61 bits per heavy atom. The summed E-state index contributed by atoms with van der Waals surface area (Å²) >= 11 is 3.52. The first-order valence-corrected chi connectivity index (χ1v) is 6.99. The molecule has 0 amide bonds. The van der Waals surface area contributed by atoms with E-state index in [1.807, 2.05) is 7.05 Å². The lowest BCUT2D eigenvalue weighted by Gasteiger charge is -2.23. The number of halogens is 1. The maximum atomic E-state index is 4.50. The van der Waals surface area contributed by atoms with Crippen LogP contribution < -0.4 is 10.2 Å². The maximum Gasteiger partial charge on any atom is 0.224 e. The zero-order chi connectivity index (χ0) is 13.1. The summed E-state index contributed by atoms with van der Waals surface area (Å²) in [5.41, 5.74) is 0. The van der Waals surface area contributed by atoms with E-state index in [0.717, 1.165) is 22.8 Å². The number of rotatable bonds is 4. The van der Waals surface area contributed by atoms with Crippen LogP contribution in [0.15, 0.2) is 10.7 Å². The summed E-state index contributed by atoms with van der Waals surface area (Å²) in [5, 5.41) is 2.97. The largest absolute Gasteiger partial charge is 0.358 e. The maximum absolute atomic E-state index is 4.50. The molecule has 0 saturated carbocycles. The summed E-state index contributed by atoms with van der Waals surface area (Å²) in [4.78, 5) is 13.3. The Kier molecular flexibility index (Phi) is 4.40. The molecule has 1 atom stereocenters. The van der Waals surface area contributed by atoms with Crippen molar-refractivity contribution in [1.29, 1.82) is 0 Å². The molecule has 1 aliphatic heterocycles. The fraction of sp³-hybridized carbons (Fsp3) is 0.667. The molecule has 2 heterocycles. The predicted molar refractivity (Wildman–Crippen MR) is 78.2 cm³/mol. The minimum Gasteiger partial charge on any atom is -0.358 e. The van der Waals surface area contributed by atoms with Gasteiger partial charge in [0, 0.05) is 33.4 Å². The summed E-state index contributed by atoms with van der Waals surface area (Å²) in [7, 11) is 6.10. The van der Waals surface area contributed by atoms with E-state index in [4.69, 9.17) is 0 Å². The SMILES string of the molecule is CNc1ncc(Br)c(N(C)CC2CCN(C)C2)n1.